The highest BCUT2D eigenvalue weighted by atomic mass is 32.2. The number of para-hydroxylation sites is 1. The van der Waals surface area contributed by atoms with Crippen molar-refractivity contribution in [2.45, 2.75) is 17.5 Å². The van der Waals surface area contributed by atoms with Gasteiger partial charge in [-0.05, 0) is 30.5 Å². The van der Waals surface area contributed by atoms with Crippen LogP contribution >= 0.6 is 11.8 Å². The molecule has 27 heavy (non-hydrogen) atoms. The van der Waals surface area contributed by atoms with Crippen molar-refractivity contribution in [3.05, 3.63) is 72.1 Å². The molecule has 1 amide bonds. The van der Waals surface area contributed by atoms with Gasteiger partial charge in [0.1, 0.15) is 18.1 Å². The first-order chi connectivity index (χ1) is 13.2. The summed E-state index contributed by atoms with van der Waals surface area (Å²) in [5.41, 5.74) is 1.54. The van der Waals surface area contributed by atoms with Crippen LogP contribution < -0.4 is 4.74 Å². The van der Waals surface area contributed by atoms with Crippen molar-refractivity contribution in [3.63, 3.8) is 0 Å². The molecule has 0 unspecified atom stereocenters. The second kappa shape index (κ2) is 7.84. The molecule has 1 saturated heterocycles. The van der Waals surface area contributed by atoms with Gasteiger partial charge in [-0.3, -0.25) is 4.79 Å². The third-order valence-electron chi connectivity index (χ3n) is 4.55. The molecule has 4 rings (SSSR count). The average molecular weight is 380 g/mol. The van der Waals surface area contributed by atoms with Crippen LogP contribution in [0, 0.1) is 0 Å². The first-order valence-electron chi connectivity index (χ1n) is 8.75. The van der Waals surface area contributed by atoms with Gasteiger partial charge in [-0.15, -0.1) is 16.9 Å². The second-order valence-corrected chi connectivity index (χ2v) is 7.20. The van der Waals surface area contributed by atoms with Crippen molar-refractivity contribution in [3.8, 4) is 5.75 Å². The maximum Gasteiger partial charge on any atom is 0.255 e. The molecule has 0 radical (unpaired) electrons. The lowest BCUT2D eigenvalue weighted by molar-refractivity contribution is 0.0495. The van der Waals surface area contributed by atoms with E-state index >= 15 is 0 Å². The molecule has 0 bridgehead atoms. The molecule has 1 aliphatic heterocycles. The number of aromatic nitrogens is 3. The van der Waals surface area contributed by atoms with E-state index in [1.165, 1.54) is 0 Å². The van der Waals surface area contributed by atoms with Crippen LogP contribution in [-0.4, -0.2) is 45.1 Å². The van der Waals surface area contributed by atoms with E-state index in [2.05, 4.69) is 10.3 Å². The summed E-state index contributed by atoms with van der Waals surface area (Å²) in [5, 5.41) is 8.37. The quantitative estimate of drug-likeness (QED) is 0.614. The number of carbonyl (C=O) groups is 1. The van der Waals surface area contributed by atoms with Crippen LogP contribution in [0.1, 0.15) is 22.1 Å². The van der Waals surface area contributed by atoms with Crippen LogP contribution in [0.15, 0.2) is 65.7 Å². The molecule has 2 heterocycles. The highest BCUT2D eigenvalue weighted by molar-refractivity contribution is 7.98. The average Bonchev–Trinajstić information content (AvgIpc) is 3.14. The number of benzene rings is 2. The van der Waals surface area contributed by atoms with Crippen LogP contribution in [0.2, 0.25) is 0 Å². The monoisotopic (exact) mass is 380 g/mol. The molecule has 0 atom stereocenters. The zero-order valence-electron chi connectivity index (χ0n) is 15.0. The fourth-order valence-electron chi connectivity index (χ4n) is 3.01. The second-order valence-electron chi connectivity index (χ2n) is 6.36. The van der Waals surface area contributed by atoms with Gasteiger partial charge in [0.25, 0.3) is 5.91 Å². The number of nitrogens with zero attached hydrogens (tertiary/aromatic N) is 4. The first kappa shape index (κ1) is 17.6. The van der Waals surface area contributed by atoms with Gasteiger partial charge in [0.05, 0.1) is 17.8 Å². The number of hydrogen-bond donors (Lipinski definition) is 0. The summed E-state index contributed by atoms with van der Waals surface area (Å²) >= 11 is 1.59. The summed E-state index contributed by atoms with van der Waals surface area (Å²) in [6.07, 6.45) is 3.88. The zero-order valence-corrected chi connectivity index (χ0v) is 15.8. The summed E-state index contributed by atoms with van der Waals surface area (Å²) in [6, 6.07) is 17.5. The number of thioether (sulfide) groups is 1. The van der Waals surface area contributed by atoms with Gasteiger partial charge in [0.2, 0.25) is 0 Å². The summed E-state index contributed by atoms with van der Waals surface area (Å²) in [7, 11) is 0. The Morgan fingerprint density at radius 2 is 1.89 bits per heavy atom. The van der Waals surface area contributed by atoms with Gasteiger partial charge in [-0.25, -0.2) is 4.68 Å². The smallest absolute Gasteiger partial charge is 0.255 e. The number of amides is 1. The lowest BCUT2D eigenvalue weighted by atomic mass is 10.1. The minimum Gasteiger partial charge on any atom is -0.487 e. The van der Waals surface area contributed by atoms with Gasteiger partial charge in [0, 0.05) is 18.0 Å². The van der Waals surface area contributed by atoms with Gasteiger partial charge < -0.3 is 9.64 Å². The summed E-state index contributed by atoms with van der Waals surface area (Å²) < 4.78 is 7.52. The van der Waals surface area contributed by atoms with Crippen molar-refractivity contribution in [1.29, 1.82) is 0 Å². The zero-order chi connectivity index (χ0) is 18.6. The summed E-state index contributed by atoms with van der Waals surface area (Å²) in [6.45, 7) is 1.66. The van der Waals surface area contributed by atoms with Crippen LogP contribution in [0.25, 0.3) is 0 Å². The molecule has 3 aromatic rings. The molecule has 7 heteroatoms. The maximum atomic E-state index is 12.7. The summed E-state index contributed by atoms with van der Waals surface area (Å²) in [4.78, 5) is 15.6. The molecule has 0 N–H and O–H groups in total. The maximum absolute atomic E-state index is 12.7. The van der Waals surface area contributed by atoms with Crippen molar-refractivity contribution in [2.24, 2.45) is 0 Å². The van der Waals surface area contributed by atoms with Gasteiger partial charge >= 0.3 is 0 Å². The van der Waals surface area contributed by atoms with Crippen molar-refractivity contribution < 1.29 is 9.53 Å². The SMILES string of the molecule is CSc1ccccc1C(=O)N1CC(n2cc(COc3ccccc3)nn2)C1. The van der Waals surface area contributed by atoms with E-state index < -0.39 is 0 Å². The molecule has 2 aromatic carbocycles. The highest BCUT2D eigenvalue weighted by Gasteiger charge is 2.34. The van der Waals surface area contributed by atoms with Crippen molar-refractivity contribution in [1.82, 2.24) is 19.9 Å². The minimum absolute atomic E-state index is 0.0731. The van der Waals surface area contributed by atoms with Crippen LogP contribution in [0.3, 0.4) is 0 Å². The highest BCUT2D eigenvalue weighted by Crippen LogP contribution is 2.27. The largest absolute Gasteiger partial charge is 0.487 e. The molecule has 1 aliphatic rings. The topological polar surface area (TPSA) is 60.2 Å². The Labute approximate surface area is 162 Å². The van der Waals surface area contributed by atoms with Gasteiger partial charge in [-0.1, -0.05) is 35.5 Å². The van der Waals surface area contributed by atoms with Crippen molar-refractivity contribution in [2.75, 3.05) is 19.3 Å². The summed E-state index contributed by atoms with van der Waals surface area (Å²) in [5.74, 6) is 0.879. The van der Waals surface area contributed by atoms with E-state index in [1.807, 2.05) is 76.6 Å². The number of hydrogen-bond acceptors (Lipinski definition) is 5. The Morgan fingerprint density at radius 1 is 1.15 bits per heavy atom. The Morgan fingerprint density at radius 3 is 2.67 bits per heavy atom. The van der Waals surface area contributed by atoms with Crippen LogP contribution in [0.5, 0.6) is 5.75 Å². The third kappa shape index (κ3) is 3.83. The third-order valence-corrected chi connectivity index (χ3v) is 5.34. The number of likely N-dealkylation sites (tertiary alicyclic amines) is 1. The van der Waals surface area contributed by atoms with E-state index in [-0.39, 0.29) is 11.9 Å². The predicted molar refractivity (Wildman–Crippen MR) is 104 cm³/mol. The molecular weight excluding hydrogens is 360 g/mol. The van der Waals surface area contributed by atoms with E-state index in [0.29, 0.717) is 19.7 Å². The molecule has 1 fully saturated rings. The molecule has 0 saturated carbocycles. The Hall–Kier alpha value is -2.80. The van der Waals surface area contributed by atoms with Crippen molar-refractivity contribution >= 4 is 17.7 Å². The molecule has 6 nitrogen and oxygen atoms in total. The fourth-order valence-corrected chi connectivity index (χ4v) is 3.60. The molecule has 0 aliphatic carbocycles. The number of rotatable bonds is 6. The molecular formula is C20H20N4O2S. The number of carbonyl (C=O) groups excluding carboxylic acids is 1. The van der Waals surface area contributed by atoms with E-state index in [1.54, 1.807) is 11.8 Å². The van der Waals surface area contributed by atoms with Gasteiger partial charge in [-0.2, -0.15) is 0 Å². The normalized spacial score (nSPS) is 14.0. The Kier molecular flexibility index (Phi) is 5.11. The van der Waals surface area contributed by atoms with E-state index in [0.717, 1.165) is 21.9 Å². The van der Waals surface area contributed by atoms with Crippen LogP contribution in [0.4, 0.5) is 0 Å². The lowest BCUT2D eigenvalue weighted by Crippen LogP contribution is -2.51. The number of ether oxygens (including phenoxy) is 1. The Balaban J connectivity index is 1.33. The fraction of sp³-hybridized carbons (Fsp3) is 0.250. The molecule has 138 valence electrons. The van der Waals surface area contributed by atoms with E-state index in [4.69, 9.17) is 4.74 Å². The first-order valence-corrected chi connectivity index (χ1v) is 9.98. The standard InChI is InChI=1S/C20H20N4O2S/c1-27-19-10-6-5-9-18(19)20(25)23-12-16(13-23)24-11-15(21-22-24)14-26-17-7-3-2-4-8-17/h2-11,16H,12-14H2,1H3. The molecule has 0 spiro atoms. The van der Waals surface area contributed by atoms with Gasteiger partial charge in [0.15, 0.2) is 0 Å². The minimum atomic E-state index is 0.0731. The predicted octanol–water partition coefficient (Wildman–Crippen LogP) is 3.28. The van der Waals surface area contributed by atoms with Crippen LogP contribution in [-0.2, 0) is 6.61 Å². The lowest BCUT2D eigenvalue weighted by Gasteiger charge is -2.39. The Bertz CT molecular complexity index is 922. The van der Waals surface area contributed by atoms with E-state index in [9.17, 15) is 4.79 Å². The molecule has 1 aromatic heterocycles.